The molecule has 0 fully saturated rings. The zero-order valence-corrected chi connectivity index (χ0v) is 13.3. The molecule has 0 N–H and O–H groups in total. The third-order valence-corrected chi connectivity index (χ3v) is 3.90. The molecule has 0 bridgehead atoms. The molecule has 1 heterocycles. The van der Waals surface area contributed by atoms with Crippen LogP contribution >= 0.6 is 11.3 Å². The van der Waals surface area contributed by atoms with E-state index in [0.29, 0.717) is 0 Å². The molecule has 0 saturated heterocycles. The maximum absolute atomic E-state index is 4.60. The number of hydrogen-bond donors (Lipinski definition) is 0. The van der Waals surface area contributed by atoms with Gasteiger partial charge >= 0.3 is 0 Å². The van der Waals surface area contributed by atoms with Crippen molar-refractivity contribution in [3.63, 3.8) is 0 Å². The molecule has 0 aliphatic rings. The lowest BCUT2D eigenvalue weighted by molar-refractivity contribution is 0.734. The number of hydrogen-bond acceptors (Lipinski definition) is 3. The lowest BCUT2D eigenvalue weighted by Gasteiger charge is -2.06. The average Bonchev–Trinajstić information content (AvgIpc) is 2.77. The maximum atomic E-state index is 4.60. The van der Waals surface area contributed by atoms with E-state index < -0.39 is 0 Å². The van der Waals surface area contributed by atoms with E-state index in [-0.39, 0.29) is 12.0 Å². The van der Waals surface area contributed by atoms with Gasteiger partial charge in [0.2, 0.25) is 4.80 Å². The van der Waals surface area contributed by atoms with Crippen LogP contribution in [0.5, 0.6) is 0 Å². The van der Waals surface area contributed by atoms with Gasteiger partial charge in [0.25, 0.3) is 0 Å². The first-order valence-corrected chi connectivity index (χ1v) is 7.76. The molecule has 0 aliphatic heterocycles. The van der Waals surface area contributed by atoms with Crippen molar-refractivity contribution in [3.05, 3.63) is 51.8 Å². The second-order valence-electron chi connectivity index (χ2n) is 5.16. The van der Waals surface area contributed by atoms with Crippen molar-refractivity contribution in [1.82, 2.24) is 4.68 Å². The summed E-state index contributed by atoms with van der Waals surface area (Å²) >= 11 is 1.63. The molecule has 0 aliphatic carbocycles. The van der Waals surface area contributed by atoms with E-state index in [0.717, 1.165) is 10.5 Å². The minimum Gasteiger partial charge on any atom is -0.255 e. The van der Waals surface area contributed by atoms with Crippen LogP contribution < -0.4 is 4.80 Å². The fourth-order valence-corrected chi connectivity index (χ4v) is 2.78. The van der Waals surface area contributed by atoms with E-state index in [1.807, 2.05) is 17.0 Å². The van der Waals surface area contributed by atoms with Gasteiger partial charge in [0.05, 0.1) is 5.69 Å². The van der Waals surface area contributed by atoms with E-state index in [4.69, 9.17) is 0 Å². The maximum Gasteiger partial charge on any atom is 0.206 e. The van der Waals surface area contributed by atoms with E-state index in [1.54, 1.807) is 11.3 Å². The van der Waals surface area contributed by atoms with Gasteiger partial charge in [-0.25, -0.2) is 4.68 Å². The summed E-state index contributed by atoms with van der Waals surface area (Å²) in [6.07, 6.45) is 1.98. The van der Waals surface area contributed by atoms with Crippen molar-refractivity contribution < 1.29 is 0 Å². The van der Waals surface area contributed by atoms with E-state index in [9.17, 15) is 0 Å². The summed E-state index contributed by atoms with van der Waals surface area (Å²) in [5, 5.41) is 6.69. The highest BCUT2D eigenvalue weighted by Crippen LogP contribution is 2.12. The Bertz CT molecular complexity index is 635. The predicted molar refractivity (Wildman–Crippen MR) is 86.5 cm³/mol. The Morgan fingerprint density at radius 2 is 1.85 bits per heavy atom. The standard InChI is InChI=1S/C16H21N3S/c1-12(2)18-16-19(14(4)11-20-16)17-10-13(3)15-8-6-5-7-9-15/h5-13H,1-4H3/b17-10-,18-16?/t13-/m0/s1. The zero-order valence-electron chi connectivity index (χ0n) is 12.4. The van der Waals surface area contributed by atoms with Crippen LogP contribution in [-0.2, 0) is 0 Å². The SMILES string of the molecule is Cc1csc(=NC(C)C)n1/N=C\[C@H](C)c1ccccc1. The van der Waals surface area contributed by atoms with Crippen molar-refractivity contribution in [2.45, 2.75) is 39.7 Å². The van der Waals surface area contributed by atoms with Crippen molar-refractivity contribution >= 4 is 17.6 Å². The highest BCUT2D eigenvalue weighted by Gasteiger charge is 2.03. The minimum atomic E-state index is 0.279. The van der Waals surface area contributed by atoms with Crippen LogP contribution in [-0.4, -0.2) is 16.9 Å². The van der Waals surface area contributed by atoms with Crippen LogP contribution in [0.2, 0.25) is 0 Å². The van der Waals surface area contributed by atoms with Gasteiger partial charge in [0.15, 0.2) is 0 Å². The Balaban J connectivity index is 2.26. The summed E-state index contributed by atoms with van der Waals surface area (Å²) in [7, 11) is 0. The van der Waals surface area contributed by atoms with Crippen LogP contribution in [0.25, 0.3) is 0 Å². The van der Waals surface area contributed by atoms with Gasteiger partial charge in [-0.1, -0.05) is 37.3 Å². The zero-order chi connectivity index (χ0) is 14.5. The van der Waals surface area contributed by atoms with Gasteiger partial charge in [-0.05, 0) is 26.3 Å². The van der Waals surface area contributed by atoms with Gasteiger partial charge in [-0.15, -0.1) is 11.3 Å². The molecular weight excluding hydrogens is 266 g/mol. The molecule has 0 radical (unpaired) electrons. The van der Waals surface area contributed by atoms with Gasteiger partial charge in [0.1, 0.15) is 0 Å². The summed E-state index contributed by atoms with van der Waals surface area (Å²) in [5.41, 5.74) is 2.39. The van der Waals surface area contributed by atoms with Crippen LogP contribution in [0.4, 0.5) is 0 Å². The fraction of sp³-hybridized carbons (Fsp3) is 0.375. The van der Waals surface area contributed by atoms with Crippen LogP contribution in [0.1, 0.15) is 37.9 Å². The molecule has 2 rings (SSSR count). The predicted octanol–water partition coefficient (Wildman–Crippen LogP) is 3.80. The van der Waals surface area contributed by atoms with E-state index in [1.165, 1.54) is 5.56 Å². The summed E-state index contributed by atoms with van der Waals surface area (Å²) in [4.78, 5) is 5.55. The fourth-order valence-electron chi connectivity index (χ4n) is 1.84. The summed E-state index contributed by atoms with van der Waals surface area (Å²) in [5.74, 6) is 0.287. The lowest BCUT2D eigenvalue weighted by atomic mass is 10.0. The topological polar surface area (TPSA) is 29.6 Å². The number of rotatable bonds is 4. The minimum absolute atomic E-state index is 0.279. The summed E-state index contributed by atoms with van der Waals surface area (Å²) in [6, 6.07) is 10.7. The van der Waals surface area contributed by atoms with Crippen LogP contribution in [0, 0.1) is 6.92 Å². The molecule has 0 unspecified atom stereocenters. The van der Waals surface area contributed by atoms with Crippen LogP contribution in [0.15, 0.2) is 45.8 Å². The number of thiazole rings is 1. The van der Waals surface area contributed by atoms with Gasteiger partial charge in [-0.2, -0.15) is 5.10 Å². The van der Waals surface area contributed by atoms with Gasteiger partial charge < -0.3 is 0 Å². The highest BCUT2D eigenvalue weighted by molar-refractivity contribution is 7.07. The molecule has 4 heteroatoms. The normalized spacial score (nSPS) is 14.3. The van der Waals surface area contributed by atoms with Gasteiger partial charge in [0, 0.05) is 23.6 Å². The summed E-state index contributed by atoms with van der Waals surface area (Å²) in [6.45, 7) is 8.37. The number of benzene rings is 1. The Morgan fingerprint density at radius 3 is 2.50 bits per heavy atom. The Hall–Kier alpha value is -1.68. The van der Waals surface area contributed by atoms with Crippen molar-refractivity contribution in [2.24, 2.45) is 10.1 Å². The first-order chi connectivity index (χ1) is 9.58. The Morgan fingerprint density at radius 1 is 1.15 bits per heavy atom. The van der Waals surface area contributed by atoms with Crippen molar-refractivity contribution in [3.8, 4) is 0 Å². The molecule has 0 amide bonds. The largest absolute Gasteiger partial charge is 0.255 e. The second-order valence-corrected chi connectivity index (χ2v) is 5.99. The molecule has 3 nitrogen and oxygen atoms in total. The van der Waals surface area contributed by atoms with Gasteiger partial charge in [-0.3, -0.25) is 4.99 Å². The molecule has 1 aromatic heterocycles. The van der Waals surface area contributed by atoms with Crippen molar-refractivity contribution in [2.75, 3.05) is 0 Å². The average molecular weight is 287 g/mol. The van der Waals surface area contributed by atoms with E-state index >= 15 is 0 Å². The van der Waals surface area contributed by atoms with Crippen molar-refractivity contribution in [1.29, 1.82) is 0 Å². The Kier molecular flexibility index (Phi) is 4.90. The Labute approximate surface area is 124 Å². The van der Waals surface area contributed by atoms with Crippen LogP contribution in [0.3, 0.4) is 0 Å². The molecule has 0 saturated carbocycles. The molecule has 2 aromatic rings. The first-order valence-electron chi connectivity index (χ1n) is 6.88. The molecule has 1 aromatic carbocycles. The monoisotopic (exact) mass is 287 g/mol. The third-order valence-electron chi connectivity index (χ3n) is 2.95. The number of nitrogens with zero attached hydrogens (tertiary/aromatic N) is 3. The smallest absolute Gasteiger partial charge is 0.206 e. The molecule has 106 valence electrons. The third kappa shape index (κ3) is 3.67. The number of aryl methyl sites for hydroxylation is 1. The second kappa shape index (κ2) is 6.66. The molecule has 20 heavy (non-hydrogen) atoms. The van der Waals surface area contributed by atoms with E-state index in [2.05, 4.69) is 67.4 Å². The quantitative estimate of drug-likeness (QED) is 0.766. The molecule has 0 spiro atoms. The number of aromatic nitrogens is 1. The first kappa shape index (κ1) is 14.7. The molecular formula is C16H21N3S. The highest BCUT2D eigenvalue weighted by atomic mass is 32.1. The lowest BCUT2D eigenvalue weighted by Crippen LogP contribution is -2.15. The summed E-state index contributed by atoms with van der Waals surface area (Å²) < 4.78 is 1.92. The molecule has 1 atom stereocenters.